The molecule has 0 aromatic heterocycles. The first-order valence-electron chi connectivity index (χ1n) is 7.30. The number of aliphatic hydroxyl groups excluding tert-OH is 1. The van der Waals surface area contributed by atoms with E-state index in [4.69, 9.17) is 9.47 Å². The summed E-state index contributed by atoms with van der Waals surface area (Å²) in [4.78, 5) is 14.2. The van der Waals surface area contributed by atoms with E-state index in [1.54, 1.807) is 25.2 Å². The van der Waals surface area contributed by atoms with Crippen LogP contribution in [0.3, 0.4) is 0 Å². The first kappa shape index (κ1) is 15.6. The molecule has 0 spiro atoms. The molecule has 1 fully saturated rings. The summed E-state index contributed by atoms with van der Waals surface area (Å²) in [7, 11) is 3.16. The van der Waals surface area contributed by atoms with Crippen molar-refractivity contribution in [3.63, 3.8) is 0 Å². The number of aliphatic hydroxyl groups is 1. The summed E-state index contributed by atoms with van der Waals surface area (Å²) in [6.07, 6.45) is 3.28. The van der Waals surface area contributed by atoms with Crippen molar-refractivity contribution >= 4 is 5.91 Å². The molecule has 1 aromatic carbocycles. The third-order valence-corrected chi connectivity index (χ3v) is 3.96. The number of likely N-dealkylation sites (tertiary alicyclic amines) is 1. The number of hydrogen-bond acceptors (Lipinski definition) is 4. The number of rotatable bonds is 5. The zero-order valence-corrected chi connectivity index (χ0v) is 12.7. The molecule has 5 heteroatoms. The average molecular weight is 293 g/mol. The van der Waals surface area contributed by atoms with Gasteiger partial charge in [-0.1, -0.05) is 6.07 Å². The maximum Gasteiger partial charge on any atom is 0.227 e. The molecular weight excluding hydrogens is 270 g/mol. The molecule has 1 aromatic rings. The smallest absolute Gasteiger partial charge is 0.227 e. The molecule has 21 heavy (non-hydrogen) atoms. The van der Waals surface area contributed by atoms with Gasteiger partial charge in [-0.3, -0.25) is 4.79 Å². The van der Waals surface area contributed by atoms with Crippen LogP contribution < -0.4 is 9.47 Å². The summed E-state index contributed by atoms with van der Waals surface area (Å²) in [5, 5.41) is 9.40. The summed E-state index contributed by atoms with van der Waals surface area (Å²) in [5.41, 5.74) is 0.889. The van der Waals surface area contributed by atoms with Crippen LogP contribution in [0.4, 0.5) is 0 Å². The van der Waals surface area contributed by atoms with Crippen molar-refractivity contribution in [1.82, 2.24) is 4.90 Å². The molecule has 0 radical (unpaired) electrons. The summed E-state index contributed by atoms with van der Waals surface area (Å²) in [6, 6.07) is 5.47. The first-order valence-corrected chi connectivity index (χ1v) is 7.30. The van der Waals surface area contributed by atoms with E-state index in [9.17, 15) is 9.90 Å². The molecule has 1 unspecified atom stereocenters. The second kappa shape index (κ2) is 7.31. The summed E-state index contributed by atoms with van der Waals surface area (Å²) < 4.78 is 10.4. The topological polar surface area (TPSA) is 59.0 Å². The number of hydrogen-bond donors (Lipinski definition) is 1. The second-order valence-corrected chi connectivity index (χ2v) is 5.29. The molecule has 1 aliphatic rings. The van der Waals surface area contributed by atoms with Gasteiger partial charge < -0.3 is 19.5 Å². The van der Waals surface area contributed by atoms with Crippen LogP contribution >= 0.6 is 0 Å². The van der Waals surface area contributed by atoms with Crippen molar-refractivity contribution in [1.29, 1.82) is 0 Å². The predicted molar refractivity (Wildman–Crippen MR) is 79.7 cm³/mol. The Kier molecular flexibility index (Phi) is 5.44. The lowest BCUT2D eigenvalue weighted by Gasteiger charge is -2.34. The van der Waals surface area contributed by atoms with E-state index in [0.717, 1.165) is 31.4 Å². The molecule has 2 rings (SSSR count). The third-order valence-electron chi connectivity index (χ3n) is 3.96. The van der Waals surface area contributed by atoms with E-state index >= 15 is 0 Å². The van der Waals surface area contributed by atoms with Gasteiger partial charge in [-0.15, -0.1) is 0 Å². The fourth-order valence-electron chi connectivity index (χ4n) is 2.79. The average Bonchev–Trinajstić information content (AvgIpc) is 2.54. The Morgan fingerprint density at radius 3 is 2.71 bits per heavy atom. The molecule has 5 nitrogen and oxygen atoms in total. The van der Waals surface area contributed by atoms with Crippen LogP contribution in [0.1, 0.15) is 24.8 Å². The second-order valence-electron chi connectivity index (χ2n) is 5.29. The number of nitrogens with zero attached hydrogens (tertiary/aromatic N) is 1. The zero-order chi connectivity index (χ0) is 15.2. The quantitative estimate of drug-likeness (QED) is 0.896. The monoisotopic (exact) mass is 293 g/mol. The molecule has 0 aliphatic carbocycles. The normalized spacial score (nSPS) is 18.4. The van der Waals surface area contributed by atoms with Crippen LogP contribution in [0, 0.1) is 0 Å². The van der Waals surface area contributed by atoms with Crippen LogP contribution in [0.5, 0.6) is 11.5 Å². The SMILES string of the molecule is COc1ccc(CC(=O)N2CCCCC2CO)cc1OC. The number of piperidine rings is 1. The van der Waals surface area contributed by atoms with Crippen molar-refractivity contribution in [2.45, 2.75) is 31.7 Å². The van der Waals surface area contributed by atoms with Gasteiger partial charge in [0.2, 0.25) is 5.91 Å². The van der Waals surface area contributed by atoms with Gasteiger partial charge in [0.15, 0.2) is 11.5 Å². The molecule has 1 saturated heterocycles. The lowest BCUT2D eigenvalue weighted by molar-refractivity contribution is -0.135. The number of benzene rings is 1. The number of carbonyl (C=O) groups is 1. The minimum Gasteiger partial charge on any atom is -0.493 e. The number of amides is 1. The summed E-state index contributed by atoms with van der Waals surface area (Å²) in [6.45, 7) is 0.773. The summed E-state index contributed by atoms with van der Waals surface area (Å²) in [5.74, 6) is 1.33. The maximum atomic E-state index is 12.4. The highest BCUT2D eigenvalue weighted by Gasteiger charge is 2.26. The Hall–Kier alpha value is -1.75. The standard InChI is InChI=1S/C16H23NO4/c1-20-14-7-6-12(9-15(14)21-2)10-16(19)17-8-4-3-5-13(17)11-18/h6-7,9,13,18H,3-5,8,10-11H2,1-2H3. The molecule has 1 atom stereocenters. The van der Waals surface area contributed by atoms with Crippen molar-refractivity contribution in [2.24, 2.45) is 0 Å². The molecule has 1 amide bonds. The Bertz CT molecular complexity index is 489. The van der Waals surface area contributed by atoms with Gasteiger partial charge in [0.1, 0.15) is 0 Å². The minimum atomic E-state index is -0.0357. The Morgan fingerprint density at radius 2 is 2.05 bits per heavy atom. The molecular formula is C16H23NO4. The van der Waals surface area contributed by atoms with Crippen LogP contribution in [-0.2, 0) is 11.2 Å². The van der Waals surface area contributed by atoms with E-state index in [1.165, 1.54) is 0 Å². The fraction of sp³-hybridized carbons (Fsp3) is 0.562. The van der Waals surface area contributed by atoms with Gasteiger partial charge in [0.25, 0.3) is 0 Å². The number of carbonyl (C=O) groups excluding carboxylic acids is 1. The molecule has 0 bridgehead atoms. The van der Waals surface area contributed by atoms with E-state index in [2.05, 4.69) is 0 Å². The van der Waals surface area contributed by atoms with Crippen molar-refractivity contribution in [2.75, 3.05) is 27.4 Å². The number of methoxy groups -OCH3 is 2. The van der Waals surface area contributed by atoms with Gasteiger partial charge >= 0.3 is 0 Å². The maximum absolute atomic E-state index is 12.4. The summed E-state index contributed by atoms with van der Waals surface area (Å²) >= 11 is 0. The van der Waals surface area contributed by atoms with Crippen LogP contribution in [0.15, 0.2) is 18.2 Å². The third kappa shape index (κ3) is 3.67. The highest BCUT2D eigenvalue weighted by molar-refractivity contribution is 5.79. The largest absolute Gasteiger partial charge is 0.493 e. The van der Waals surface area contributed by atoms with Crippen molar-refractivity contribution in [3.05, 3.63) is 23.8 Å². The van der Waals surface area contributed by atoms with Crippen molar-refractivity contribution < 1.29 is 19.4 Å². The number of ether oxygens (including phenoxy) is 2. The van der Waals surface area contributed by atoms with Crippen molar-refractivity contribution in [3.8, 4) is 11.5 Å². The van der Waals surface area contributed by atoms with Crippen LogP contribution in [0.25, 0.3) is 0 Å². The van der Waals surface area contributed by atoms with Gasteiger partial charge in [-0.05, 0) is 37.0 Å². The van der Waals surface area contributed by atoms with E-state index in [0.29, 0.717) is 17.9 Å². The van der Waals surface area contributed by atoms with Gasteiger partial charge in [0, 0.05) is 6.54 Å². The van der Waals surface area contributed by atoms with Gasteiger partial charge in [0.05, 0.1) is 33.3 Å². The lowest BCUT2D eigenvalue weighted by Crippen LogP contribution is -2.46. The molecule has 1 N–H and O–H groups in total. The Labute approximate surface area is 125 Å². The highest BCUT2D eigenvalue weighted by Crippen LogP contribution is 2.28. The lowest BCUT2D eigenvalue weighted by atomic mass is 10.0. The van der Waals surface area contributed by atoms with Crippen LogP contribution in [-0.4, -0.2) is 49.3 Å². The first-order chi connectivity index (χ1) is 10.2. The Morgan fingerprint density at radius 1 is 1.29 bits per heavy atom. The van der Waals surface area contributed by atoms with E-state index in [-0.39, 0.29) is 18.6 Å². The van der Waals surface area contributed by atoms with E-state index < -0.39 is 0 Å². The molecule has 116 valence electrons. The molecule has 1 heterocycles. The van der Waals surface area contributed by atoms with Gasteiger partial charge in [-0.2, -0.15) is 0 Å². The van der Waals surface area contributed by atoms with Gasteiger partial charge in [-0.25, -0.2) is 0 Å². The Balaban J connectivity index is 2.08. The zero-order valence-electron chi connectivity index (χ0n) is 12.7. The van der Waals surface area contributed by atoms with E-state index in [1.807, 2.05) is 12.1 Å². The highest BCUT2D eigenvalue weighted by atomic mass is 16.5. The molecule has 0 saturated carbocycles. The molecule has 1 aliphatic heterocycles. The van der Waals surface area contributed by atoms with Crippen LogP contribution in [0.2, 0.25) is 0 Å². The predicted octanol–water partition coefficient (Wildman–Crippen LogP) is 1.62. The minimum absolute atomic E-state index is 0.0357. The fourth-order valence-corrected chi connectivity index (χ4v) is 2.79.